The number of guanidine groups is 1. The quantitative estimate of drug-likeness (QED) is 0.502. The largest absolute Gasteiger partial charge is 0.380 e. The van der Waals surface area contributed by atoms with Gasteiger partial charge in [0.05, 0.1) is 5.52 Å². The zero-order chi connectivity index (χ0) is 15.5. The number of aromatic nitrogens is 2. The number of hydrogen-bond donors (Lipinski definition) is 3. The highest BCUT2D eigenvalue weighted by atomic mass is 16.3. The van der Waals surface area contributed by atoms with Gasteiger partial charge in [-0.2, -0.15) is 4.99 Å². The lowest BCUT2D eigenvalue weighted by Crippen LogP contribution is -2.22. The first kappa shape index (κ1) is 14.0. The SMILES string of the molecule is NC(N)=Nc1nc(C(O)c2ccccc2)nc2ccccc12. The number of para-hydroxylation sites is 1. The summed E-state index contributed by atoms with van der Waals surface area (Å²) in [5, 5.41) is 11.2. The van der Waals surface area contributed by atoms with Crippen LogP contribution in [0.2, 0.25) is 0 Å². The molecule has 3 aromatic rings. The molecule has 0 spiro atoms. The van der Waals surface area contributed by atoms with Crippen LogP contribution in [0.15, 0.2) is 59.6 Å². The molecule has 22 heavy (non-hydrogen) atoms. The molecular formula is C16H15N5O. The van der Waals surface area contributed by atoms with Crippen LogP contribution in [0.25, 0.3) is 10.9 Å². The lowest BCUT2D eigenvalue weighted by molar-refractivity contribution is 0.210. The third-order valence-electron chi connectivity index (χ3n) is 3.20. The predicted molar refractivity (Wildman–Crippen MR) is 85.5 cm³/mol. The molecule has 1 aromatic heterocycles. The number of hydrogen-bond acceptors (Lipinski definition) is 4. The maximum Gasteiger partial charge on any atom is 0.192 e. The van der Waals surface area contributed by atoms with Gasteiger partial charge in [-0.05, 0) is 17.7 Å². The third kappa shape index (κ3) is 2.72. The third-order valence-corrected chi connectivity index (χ3v) is 3.20. The minimum Gasteiger partial charge on any atom is -0.380 e. The van der Waals surface area contributed by atoms with Crippen molar-refractivity contribution in [3.05, 3.63) is 66.0 Å². The second-order valence-electron chi connectivity index (χ2n) is 4.77. The van der Waals surface area contributed by atoms with Crippen LogP contribution in [-0.2, 0) is 0 Å². The van der Waals surface area contributed by atoms with Crippen molar-refractivity contribution in [2.24, 2.45) is 16.5 Å². The Morgan fingerprint density at radius 3 is 2.36 bits per heavy atom. The lowest BCUT2D eigenvalue weighted by Gasteiger charge is -2.11. The maximum atomic E-state index is 10.5. The molecule has 1 heterocycles. The summed E-state index contributed by atoms with van der Waals surface area (Å²) in [7, 11) is 0. The Morgan fingerprint density at radius 2 is 1.64 bits per heavy atom. The molecular weight excluding hydrogens is 278 g/mol. The molecule has 6 nitrogen and oxygen atoms in total. The van der Waals surface area contributed by atoms with Crippen LogP contribution in [0.5, 0.6) is 0 Å². The molecule has 5 N–H and O–H groups in total. The van der Waals surface area contributed by atoms with E-state index in [0.717, 1.165) is 5.39 Å². The molecule has 0 saturated heterocycles. The minimum atomic E-state index is -0.946. The van der Waals surface area contributed by atoms with E-state index in [1.165, 1.54) is 0 Å². The molecule has 0 aliphatic rings. The Bertz CT molecular complexity index is 828. The molecule has 0 radical (unpaired) electrons. The topological polar surface area (TPSA) is 110 Å². The Morgan fingerprint density at radius 1 is 0.955 bits per heavy atom. The lowest BCUT2D eigenvalue weighted by atomic mass is 10.1. The molecule has 6 heteroatoms. The van der Waals surface area contributed by atoms with Crippen molar-refractivity contribution in [3.8, 4) is 0 Å². The second kappa shape index (κ2) is 5.79. The van der Waals surface area contributed by atoms with Crippen molar-refractivity contribution in [1.82, 2.24) is 9.97 Å². The molecule has 3 rings (SSSR count). The van der Waals surface area contributed by atoms with Crippen LogP contribution >= 0.6 is 0 Å². The number of rotatable bonds is 3. The van der Waals surface area contributed by atoms with Crippen molar-refractivity contribution >= 4 is 22.7 Å². The Labute approximate surface area is 127 Å². The van der Waals surface area contributed by atoms with Crippen molar-refractivity contribution in [1.29, 1.82) is 0 Å². The van der Waals surface area contributed by atoms with E-state index in [9.17, 15) is 5.11 Å². The van der Waals surface area contributed by atoms with E-state index >= 15 is 0 Å². The van der Waals surface area contributed by atoms with Gasteiger partial charge >= 0.3 is 0 Å². The van der Waals surface area contributed by atoms with E-state index in [1.807, 2.05) is 54.6 Å². The molecule has 1 unspecified atom stereocenters. The predicted octanol–water partition coefficient (Wildman–Crippen LogP) is 1.62. The number of aliphatic hydroxyl groups is 1. The maximum absolute atomic E-state index is 10.5. The van der Waals surface area contributed by atoms with E-state index in [4.69, 9.17) is 11.5 Å². The molecule has 0 amide bonds. The van der Waals surface area contributed by atoms with Gasteiger partial charge in [0.1, 0.15) is 6.10 Å². The molecule has 2 aromatic carbocycles. The number of aliphatic hydroxyl groups excluding tert-OH is 1. The van der Waals surface area contributed by atoms with Crippen LogP contribution in [0.1, 0.15) is 17.5 Å². The smallest absolute Gasteiger partial charge is 0.192 e. The van der Waals surface area contributed by atoms with Gasteiger partial charge in [-0.15, -0.1) is 0 Å². The summed E-state index contributed by atoms with van der Waals surface area (Å²) in [6.07, 6.45) is -0.946. The van der Waals surface area contributed by atoms with Gasteiger partial charge in [0.15, 0.2) is 17.6 Å². The van der Waals surface area contributed by atoms with E-state index in [1.54, 1.807) is 0 Å². The van der Waals surface area contributed by atoms with Crippen LogP contribution in [0, 0.1) is 0 Å². The molecule has 0 aliphatic heterocycles. The summed E-state index contributed by atoms with van der Waals surface area (Å²) in [4.78, 5) is 12.8. The van der Waals surface area contributed by atoms with Gasteiger partial charge in [0.25, 0.3) is 0 Å². The van der Waals surface area contributed by atoms with E-state index in [-0.39, 0.29) is 11.8 Å². The number of nitrogens with zero attached hydrogens (tertiary/aromatic N) is 3. The normalized spacial score (nSPS) is 12.0. The summed E-state index contributed by atoms with van der Waals surface area (Å²) in [6.45, 7) is 0. The van der Waals surface area contributed by atoms with Crippen molar-refractivity contribution in [2.75, 3.05) is 0 Å². The second-order valence-corrected chi connectivity index (χ2v) is 4.77. The van der Waals surface area contributed by atoms with Gasteiger partial charge in [-0.25, -0.2) is 9.97 Å². The molecule has 0 fully saturated rings. The summed E-state index contributed by atoms with van der Waals surface area (Å²) in [5.74, 6) is 0.504. The van der Waals surface area contributed by atoms with E-state index in [0.29, 0.717) is 16.9 Å². The first-order valence-electron chi connectivity index (χ1n) is 6.74. The fourth-order valence-electron chi connectivity index (χ4n) is 2.19. The molecule has 1 atom stereocenters. The van der Waals surface area contributed by atoms with Crippen LogP contribution in [0.4, 0.5) is 5.82 Å². The van der Waals surface area contributed by atoms with Gasteiger partial charge in [-0.3, -0.25) is 0 Å². The zero-order valence-electron chi connectivity index (χ0n) is 11.7. The highest BCUT2D eigenvalue weighted by Gasteiger charge is 2.16. The fraction of sp³-hybridized carbons (Fsp3) is 0.0625. The van der Waals surface area contributed by atoms with Crippen molar-refractivity contribution in [2.45, 2.75) is 6.10 Å². The number of aliphatic imine (C=N–C) groups is 1. The summed E-state index contributed by atoms with van der Waals surface area (Å²) >= 11 is 0. The number of nitrogens with two attached hydrogens (primary N) is 2. The van der Waals surface area contributed by atoms with Crippen LogP contribution in [0.3, 0.4) is 0 Å². The first-order valence-corrected chi connectivity index (χ1v) is 6.74. The molecule has 0 saturated carbocycles. The highest BCUT2D eigenvalue weighted by Crippen LogP contribution is 2.26. The Hall–Kier alpha value is -2.99. The standard InChI is InChI=1S/C16H15N5O/c17-16(18)21-14-11-8-4-5-9-12(11)19-15(20-14)13(22)10-6-2-1-3-7-10/h1-9,13,22H,(H4,17,18,19,20,21). The number of benzene rings is 2. The summed E-state index contributed by atoms with van der Waals surface area (Å²) < 4.78 is 0. The fourth-order valence-corrected chi connectivity index (χ4v) is 2.19. The van der Waals surface area contributed by atoms with Gasteiger partial charge in [0.2, 0.25) is 0 Å². The summed E-state index contributed by atoms with van der Waals surface area (Å²) in [6, 6.07) is 16.5. The van der Waals surface area contributed by atoms with Gasteiger partial charge < -0.3 is 16.6 Å². The Kier molecular flexibility index (Phi) is 3.67. The Balaban J connectivity index is 2.17. The highest BCUT2D eigenvalue weighted by molar-refractivity contribution is 5.91. The van der Waals surface area contributed by atoms with Gasteiger partial charge in [0, 0.05) is 5.39 Å². The average Bonchev–Trinajstić information content (AvgIpc) is 2.54. The van der Waals surface area contributed by atoms with Crippen LogP contribution < -0.4 is 11.5 Å². The minimum absolute atomic E-state index is 0.0935. The van der Waals surface area contributed by atoms with E-state index < -0.39 is 6.10 Å². The monoisotopic (exact) mass is 293 g/mol. The van der Waals surface area contributed by atoms with E-state index in [2.05, 4.69) is 15.0 Å². The van der Waals surface area contributed by atoms with Crippen molar-refractivity contribution in [3.63, 3.8) is 0 Å². The zero-order valence-corrected chi connectivity index (χ0v) is 11.7. The van der Waals surface area contributed by atoms with Crippen molar-refractivity contribution < 1.29 is 5.11 Å². The van der Waals surface area contributed by atoms with Crippen LogP contribution in [-0.4, -0.2) is 21.0 Å². The average molecular weight is 293 g/mol. The summed E-state index contributed by atoms with van der Waals surface area (Å²) in [5.41, 5.74) is 12.3. The molecule has 0 bridgehead atoms. The first-order chi connectivity index (χ1) is 10.6. The molecule has 110 valence electrons. The molecule has 0 aliphatic carbocycles. The number of fused-ring (bicyclic) bond motifs is 1. The van der Waals surface area contributed by atoms with Gasteiger partial charge in [-0.1, -0.05) is 42.5 Å².